The summed E-state index contributed by atoms with van der Waals surface area (Å²) in [5.41, 5.74) is 5.24. The van der Waals surface area contributed by atoms with Crippen LogP contribution < -0.4 is 0 Å². The van der Waals surface area contributed by atoms with Gasteiger partial charge in [-0.2, -0.15) is 0 Å². The molecule has 0 spiro atoms. The lowest BCUT2D eigenvalue weighted by Crippen LogP contribution is -2.10. The number of nitrogens with zero attached hydrogens (tertiary/aromatic N) is 1. The minimum Gasteiger partial charge on any atom is -0.462 e. The number of esters is 1. The largest absolute Gasteiger partial charge is 0.462 e. The van der Waals surface area contributed by atoms with Crippen LogP contribution in [0.15, 0.2) is 30.3 Å². The van der Waals surface area contributed by atoms with Gasteiger partial charge in [0.1, 0.15) is 0 Å². The Bertz CT molecular complexity index is 630. The molecular weight excluding hydrogens is 250 g/mol. The first-order valence-electron chi connectivity index (χ1n) is 6.75. The van der Waals surface area contributed by atoms with E-state index in [0.717, 1.165) is 16.8 Å². The van der Waals surface area contributed by atoms with Crippen LogP contribution >= 0.6 is 0 Å². The molecule has 1 aromatic carbocycles. The van der Waals surface area contributed by atoms with Crippen molar-refractivity contribution in [1.29, 1.82) is 0 Å². The molecule has 0 radical (unpaired) electrons. The quantitative estimate of drug-likeness (QED) is 0.794. The molecule has 0 atom stereocenters. The van der Waals surface area contributed by atoms with Crippen molar-refractivity contribution in [3.63, 3.8) is 0 Å². The van der Waals surface area contributed by atoms with Gasteiger partial charge in [-0.3, -0.25) is 4.98 Å². The maximum atomic E-state index is 12.2. The van der Waals surface area contributed by atoms with Crippen molar-refractivity contribution >= 4 is 5.97 Å². The fourth-order valence-electron chi connectivity index (χ4n) is 2.25. The maximum Gasteiger partial charge on any atom is 0.340 e. The van der Waals surface area contributed by atoms with Gasteiger partial charge >= 0.3 is 5.97 Å². The molecule has 0 saturated carbocycles. The number of hydrogen-bond donors (Lipinski definition) is 0. The summed E-state index contributed by atoms with van der Waals surface area (Å²) in [6, 6.07) is 10.0. The van der Waals surface area contributed by atoms with E-state index in [4.69, 9.17) is 4.74 Å². The Balaban J connectivity index is 2.61. The van der Waals surface area contributed by atoms with Crippen LogP contribution in [-0.4, -0.2) is 17.6 Å². The second-order valence-electron chi connectivity index (χ2n) is 4.86. The van der Waals surface area contributed by atoms with Gasteiger partial charge in [-0.15, -0.1) is 0 Å². The molecule has 0 aliphatic heterocycles. The molecule has 0 amide bonds. The van der Waals surface area contributed by atoms with E-state index in [1.165, 1.54) is 5.56 Å². The number of aromatic nitrogens is 1. The van der Waals surface area contributed by atoms with Crippen molar-refractivity contribution in [2.75, 3.05) is 6.61 Å². The monoisotopic (exact) mass is 269 g/mol. The molecule has 3 heteroatoms. The molecule has 2 aromatic rings. The van der Waals surface area contributed by atoms with E-state index in [1.807, 2.05) is 51.1 Å². The van der Waals surface area contributed by atoms with Crippen molar-refractivity contribution in [2.24, 2.45) is 0 Å². The van der Waals surface area contributed by atoms with Gasteiger partial charge in [-0.1, -0.05) is 29.8 Å². The number of carbonyl (C=O) groups excluding carboxylic acids is 1. The van der Waals surface area contributed by atoms with Gasteiger partial charge in [0.2, 0.25) is 0 Å². The average molecular weight is 269 g/mol. The molecule has 104 valence electrons. The average Bonchev–Trinajstić information content (AvgIpc) is 2.38. The van der Waals surface area contributed by atoms with Crippen LogP contribution in [0.3, 0.4) is 0 Å². The highest BCUT2D eigenvalue weighted by Gasteiger charge is 2.18. The normalized spacial score (nSPS) is 10.4. The molecule has 0 unspecified atom stereocenters. The zero-order valence-electron chi connectivity index (χ0n) is 12.4. The van der Waals surface area contributed by atoms with E-state index in [9.17, 15) is 4.79 Å². The number of pyridine rings is 1. The molecule has 3 nitrogen and oxygen atoms in total. The SMILES string of the molecule is CCOC(=O)c1c(-c2ccc(C)cc2)cc(C)nc1C. The highest BCUT2D eigenvalue weighted by Crippen LogP contribution is 2.27. The summed E-state index contributed by atoms with van der Waals surface area (Å²) < 4.78 is 5.16. The van der Waals surface area contributed by atoms with Gasteiger partial charge in [-0.05, 0) is 44.9 Å². The van der Waals surface area contributed by atoms with Crippen LogP contribution in [0.1, 0.15) is 34.2 Å². The summed E-state index contributed by atoms with van der Waals surface area (Å²) in [5, 5.41) is 0. The van der Waals surface area contributed by atoms with Crippen molar-refractivity contribution < 1.29 is 9.53 Å². The molecule has 0 aliphatic carbocycles. The zero-order valence-corrected chi connectivity index (χ0v) is 12.4. The van der Waals surface area contributed by atoms with E-state index in [2.05, 4.69) is 4.98 Å². The first kappa shape index (κ1) is 14.3. The van der Waals surface area contributed by atoms with E-state index < -0.39 is 0 Å². The van der Waals surface area contributed by atoms with E-state index in [-0.39, 0.29) is 5.97 Å². The van der Waals surface area contributed by atoms with Crippen LogP contribution in [-0.2, 0) is 4.74 Å². The fraction of sp³-hybridized carbons (Fsp3) is 0.294. The molecule has 0 saturated heterocycles. The molecular formula is C17H19NO2. The van der Waals surface area contributed by atoms with Crippen molar-refractivity contribution in [2.45, 2.75) is 27.7 Å². The minimum atomic E-state index is -0.312. The third kappa shape index (κ3) is 2.87. The Morgan fingerprint density at radius 1 is 1.15 bits per heavy atom. The Kier molecular flexibility index (Phi) is 4.18. The summed E-state index contributed by atoms with van der Waals surface area (Å²) in [6.45, 7) is 7.98. The van der Waals surface area contributed by atoms with Crippen molar-refractivity contribution in [3.8, 4) is 11.1 Å². The molecule has 2 rings (SSSR count). The Morgan fingerprint density at radius 3 is 2.40 bits per heavy atom. The van der Waals surface area contributed by atoms with E-state index in [0.29, 0.717) is 17.9 Å². The molecule has 0 fully saturated rings. The first-order chi connectivity index (χ1) is 9.52. The Morgan fingerprint density at radius 2 is 1.80 bits per heavy atom. The van der Waals surface area contributed by atoms with E-state index in [1.54, 1.807) is 6.92 Å². The highest BCUT2D eigenvalue weighted by atomic mass is 16.5. The van der Waals surface area contributed by atoms with Gasteiger partial charge in [0, 0.05) is 5.69 Å². The Labute approximate surface area is 119 Å². The second-order valence-corrected chi connectivity index (χ2v) is 4.86. The van der Waals surface area contributed by atoms with Gasteiger partial charge in [0.15, 0.2) is 0 Å². The maximum absolute atomic E-state index is 12.2. The Hall–Kier alpha value is -2.16. The fourth-order valence-corrected chi connectivity index (χ4v) is 2.25. The number of benzene rings is 1. The molecule has 0 N–H and O–H groups in total. The predicted octanol–water partition coefficient (Wildman–Crippen LogP) is 3.85. The van der Waals surface area contributed by atoms with Crippen LogP contribution in [0.5, 0.6) is 0 Å². The minimum absolute atomic E-state index is 0.312. The molecule has 0 bridgehead atoms. The molecule has 1 aromatic heterocycles. The van der Waals surface area contributed by atoms with Crippen molar-refractivity contribution in [3.05, 3.63) is 52.8 Å². The number of hydrogen-bond acceptors (Lipinski definition) is 3. The lowest BCUT2D eigenvalue weighted by Gasteiger charge is -2.13. The van der Waals surface area contributed by atoms with Crippen LogP contribution in [0.4, 0.5) is 0 Å². The zero-order chi connectivity index (χ0) is 14.7. The number of ether oxygens (including phenoxy) is 1. The smallest absolute Gasteiger partial charge is 0.340 e. The second kappa shape index (κ2) is 5.87. The predicted molar refractivity (Wildman–Crippen MR) is 79.8 cm³/mol. The lowest BCUT2D eigenvalue weighted by molar-refractivity contribution is 0.0526. The molecule has 0 aliphatic rings. The van der Waals surface area contributed by atoms with Gasteiger partial charge in [-0.25, -0.2) is 4.79 Å². The lowest BCUT2D eigenvalue weighted by atomic mass is 9.97. The van der Waals surface area contributed by atoms with Gasteiger partial charge in [0.25, 0.3) is 0 Å². The third-order valence-electron chi connectivity index (χ3n) is 3.17. The third-order valence-corrected chi connectivity index (χ3v) is 3.17. The van der Waals surface area contributed by atoms with Crippen LogP contribution in [0.2, 0.25) is 0 Å². The van der Waals surface area contributed by atoms with Crippen LogP contribution in [0, 0.1) is 20.8 Å². The first-order valence-corrected chi connectivity index (χ1v) is 6.75. The molecule has 20 heavy (non-hydrogen) atoms. The van der Waals surface area contributed by atoms with Crippen LogP contribution in [0.25, 0.3) is 11.1 Å². The molecule has 1 heterocycles. The number of aryl methyl sites for hydroxylation is 3. The summed E-state index contributed by atoms with van der Waals surface area (Å²) in [6.07, 6.45) is 0. The van der Waals surface area contributed by atoms with Crippen molar-refractivity contribution in [1.82, 2.24) is 4.98 Å². The topological polar surface area (TPSA) is 39.2 Å². The standard InChI is InChI=1S/C17H19NO2/c1-5-20-17(19)16-13(4)18-12(3)10-15(16)14-8-6-11(2)7-9-14/h6-10H,5H2,1-4H3. The van der Waals surface area contributed by atoms with E-state index >= 15 is 0 Å². The number of carbonyl (C=O) groups is 1. The highest BCUT2D eigenvalue weighted by molar-refractivity contribution is 5.98. The van der Waals surface area contributed by atoms with Gasteiger partial charge < -0.3 is 4.74 Å². The summed E-state index contributed by atoms with van der Waals surface area (Å²) in [7, 11) is 0. The number of rotatable bonds is 3. The summed E-state index contributed by atoms with van der Waals surface area (Å²) in [5.74, 6) is -0.312. The summed E-state index contributed by atoms with van der Waals surface area (Å²) >= 11 is 0. The van der Waals surface area contributed by atoms with Gasteiger partial charge in [0.05, 0.1) is 17.9 Å². The summed E-state index contributed by atoms with van der Waals surface area (Å²) in [4.78, 5) is 16.6.